The lowest BCUT2D eigenvalue weighted by atomic mass is 9.78. The van der Waals surface area contributed by atoms with Crippen LogP contribution in [0.4, 0.5) is 0 Å². The minimum atomic E-state index is -4.26. The minimum absolute atomic E-state index is 0.197. The third kappa shape index (κ3) is 4.57. The zero-order valence-corrected chi connectivity index (χ0v) is 22.9. The van der Waals surface area contributed by atoms with Crippen LogP contribution in [-0.2, 0) is 29.2 Å². The van der Waals surface area contributed by atoms with E-state index in [0.29, 0.717) is 12.0 Å². The van der Waals surface area contributed by atoms with Gasteiger partial charge in [0.1, 0.15) is 18.5 Å². The van der Waals surface area contributed by atoms with Crippen molar-refractivity contribution in [2.75, 3.05) is 12.4 Å². The lowest BCUT2D eigenvalue weighted by molar-refractivity contribution is -0.156. The maximum absolute atomic E-state index is 13.1. The molecule has 6 atom stereocenters. The number of nitrogens with one attached hydrogen (secondary N) is 1. The third-order valence-electron chi connectivity index (χ3n) is 6.01. The zero-order valence-electron chi connectivity index (χ0n) is 15.6. The molecule has 1 aromatic rings. The van der Waals surface area contributed by atoms with Crippen molar-refractivity contribution in [1.82, 2.24) is 5.32 Å². The summed E-state index contributed by atoms with van der Waals surface area (Å²) in [4.78, 5) is 38.2. The van der Waals surface area contributed by atoms with Gasteiger partial charge >= 0.3 is 11.9 Å². The molecule has 0 spiro atoms. The normalized spacial score (nSPS) is 30.9. The monoisotopic (exact) mass is 787 g/mol. The average Bonchev–Trinajstić information content (AvgIpc) is 3.26. The van der Waals surface area contributed by atoms with Gasteiger partial charge in [-0.15, -0.1) is 0 Å². The SMILES string of the molecule is O=C(NC1C2CC3C(OC(=O)C31)C2C(=O)OCCS(=O)(=O)O)c1cc(I)cc(I)c1I. The van der Waals surface area contributed by atoms with Gasteiger partial charge in [-0.05, 0) is 92.2 Å². The van der Waals surface area contributed by atoms with Crippen LogP contribution in [0.25, 0.3) is 0 Å². The van der Waals surface area contributed by atoms with E-state index >= 15 is 0 Å². The van der Waals surface area contributed by atoms with Crippen molar-refractivity contribution in [3.8, 4) is 0 Å². The van der Waals surface area contributed by atoms with E-state index in [1.54, 1.807) is 6.07 Å². The Hall–Kier alpha value is -0.270. The maximum atomic E-state index is 13.1. The lowest BCUT2D eigenvalue weighted by Crippen LogP contribution is -2.50. The molecule has 3 aliphatic rings. The van der Waals surface area contributed by atoms with Gasteiger partial charge in [-0.3, -0.25) is 18.9 Å². The molecule has 1 aromatic carbocycles. The van der Waals surface area contributed by atoms with E-state index in [9.17, 15) is 22.8 Å². The van der Waals surface area contributed by atoms with Gasteiger partial charge in [-0.2, -0.15) is 8.42 Å². The fraction of sp³-hybridized carbons (Fsp3) is 0.500. The van der Waals surface area contributed by atoms with Gasteiger partial charge in [0.2, 0.25) is 0 Å². The Labute approximate surface area is 218 Å². The summed E-state index contributed by atoms with van der Waals surface area (Å²) in [5.41, 5.74) is 0.495. The molecule has 6 unspecified atom stereocenters. The molecule has 2 N–H and O–H groups in total. The van der Waals surface area contributed by atoms with Crippen LogP contribution in [0, 0.1) is 34.4 Å². The van der Waals surface area contributed by atoms with Gasteiger partial charge in [0.25, 0.3) is 16.0 Å². The molecule has 2 bridgehead atoms. The van der Waals surface area contributed by atoms with Crippen LogP contribution >= 0.6 is 67.8 Å². The topological polar surface area (TPSA) is 136 Å². The molecule has 4 rings (SSSR count). The second-order valence-corrected chi connectivity index (χ2v) is 12.8. The molecule has 0 radical (unpaired) electrons. The first-order valence-electron chi connectivity index (χ1n) is 9.25. The highest BCUT2D eigenvalue weighted by Gasteiger charge is 2.69. The summed E-state index contributed by atoms with van der Waals surface area (Å²) < 4.78 is 43.7. The number of benzene rings is 1. The van der Waals surface area contributed by atoms with E-state index in [-0.39, 0.29) is 17.7 Å². The van der Waals surface area contributed by atoms with Gasteiger partial charge in [0.05, 0.1) is 17.4 Å². The predicted molar refractivity (Wildman–Crippen MR) is 132 cm³/mol. The van der Waals surface area contributed by atoms with E-state index in [0.717, 1.165) is 10.7 Å². The molecular formula is C18H16I3NO8S. The van der Waals surface area contributed by atoms with Crippen molar-refractivity contribution >= 4 is 95.7 Å². The summed E-state index contributed by atoms with van der Waals surface area (Å²) in [6, 6.07) is 3.15. The Morgan fingerprint density at radius 2 is 1.94 bits per heavy atom. The zero-order chi connectivity index (χ0) is 22.7. The molecule has 1 amide bonds. The van der Waals surface area contributed by atoms with Gasteiger partial charge in [-0.1, -0.05) is 0 Å². The summed E-state index contributed by atoms with van der Waals surface area (Å²) in [6.45, 7) is -0.494. The molecule has 9 nitrogen and oxygen atoms in total. The highest BCUT2D eigenvalue weighted by Crippen LogP contribution is 2.57. The number of ether oxygens (including phenoxy) is 2. The van der Waals surface area contributed by atoms with E-state index in [1.807, 2.05) is 6.07 Å². The van der Waals surface area contributed by atoms with Crippen LogP contribution in [0.3, 0.4) is 0 Å². The van der Waals surface area contributed by atoms with Crippen LogP contribution in [0.2, 0.25) is 0 Å². The minimum Gasteiger partial charge on any atom is -0.464 e. The van der Waals surface area contributed by atoms with E-state index in [2.05, 4.69) is 73.1 Å². The van der Waals surface area contributed by atoms with E-state index < -0.39 is 58.4 Å². The second-order valence-electron chi connectivity index (χ2n) is 7.72. The van der Waals surface area contributed by atoms with Crippen LogP contribution in [0.1, 0.15) is 16.8 Å². The first-order chi connectivity index (χ1) is 14.5. The smallest absolute Gasteiger partial charge is 0.313 e. The summed E-state index contributed by atoms with van der Waals surface area (Å²) in [6.07, 6.45) is -0.0990. The summed E-state index contributed by atoms with van der Waals surface area (Å²) in [7, 11) is -4.26. The molecule has 3 fully saturated rings. The number of rotatable bonds is 6. The quantitative estimate of drug-likeness (QED) is 0.193. The maximum Gasteiger partial charge on any atom is 0.313 e. The molecule has 2 saturated carbocycles. The van der Waals surface area contributed by atoms with Gasteiger partial charge < -0.3 is 14.8 Å². The van der Waals surface area contributed by atoms with Crippen molar-refractivity contribution < 1.29 is 36.8 Å². The number of hydrogen-bond acceptors (Lipinski definition) is 7. The van der Waals surface area contributed by atoms with Gasteiger partial charge in [0.15, 0.2) is 0 Å². The molecule has 0 aromatic heterocycles. The average molecular weight is 787 g/mol. The van der Waals surface area contributed by atoms with Crippen LogP contribution in [0.15, 0.2) is 12.1 Å². The third-order valence-corrected chi connectivity index (χ3v) is 10.4. The number of halogens is 3. The molecule has 31 heavy (non-hydrogen) atoms. The molecule has 2 aliphatic carbocycles. The fourth-order valence-corrected chi connectivity index (χ4v) is 7.55. The summed E-state index contributed by atoms with van der Waals surface area (Å²) in [5.74, 6) is -4.01. The highest BCUT2D eigenvalue weighted by atomic mass is 127. The van der Waals surface area contributed by atoms with E-state index in [4.69, 9.17) is 14.0 Å². The predicted octanol–water partition coefficient (Wildman–Crippen LogP) is 1.84. The van der Waals surface area contributed by atoms with Gasteiger partial charge in [0, 0.05) is 22.7 Å². The number of carbonyl (C=O) groups is 3. The van der Waals surface area contributed by atoms with Gasteiger partial charge in [-0.25, -0.2) is 0 Å². The van der Waals surface area contributed by atoms with Crippen LogP contribution in [-0.4, -0.2) is 55.3 Å². The first kappa shape index (κ1) is 23.9. The first-order valence-corrected chi connectivity index (χ1v) is 14.1. The van der Waals surface area contributed by atoms with Crippen molar-refractivity contribution in [3.05, 3.63) is 28.4 Å². The molecule has 1 aliphatic heterocycles. The van der Waals surface area contributed by atoms with Crippen molar-refractivity contribution in [2.45, 2.75) is 18.6 Å². The molecular weight excluding hydrogens is 771 g/mol. The fourth-order valence-electron chi connectivity index (χ4n) is 4.85. The largest absolute Gasteiger partial charge is 0.464 e. The number of esters is 2. The Balaban J connectivity index is 1.53. The number of carbonyl (C=O) groups excluding carboxylic acids is 3. The number of hydrogen-bond donors (Lipinski definition) is 2. The highest BCUT2D eigenvalue weighted by molar-refractivity contribution is 14.1. The lowest BCUT2D eigenvalue weighted by Gasteiger charge is -2.31. The summed E-state index contributed by atoms with van der Waals surface area (Å²) in [5, 5.41) is 2.95. The van der Waals surface area contributed by atoms with Crippen molar-refractivity contribution in [2.24, 2.45) is 23.7 Å². The van der Waals surface area contributed by atoms with Crippen molar-refractivity contribution in [1.29, 1.82) is 0 Å². The summed E-state index contributed by atoms with van der Waals surface area (Å²) >= 11 is 6.39. The second kappa shape index (κ2) is 8.83. The molecule has 1 heterocycles. The molecule has 1 saturated heterocycles. The Morgan fingerprint density at radius 1 is 1.23 bits per heavy atom. The molecule has 168 valence electrons. The van der Waals surface area contributed by atoms with E-state index in [1.165, 1.54) is 0 Å². The molecule has 13 heteroatoms. The Kier molecular flexibility index (Phi) is 6.80. The van der Waals surface area contributed by atoms with Crippen LogP contribution in [0.5, 0.6) is 0 Å². The Morgan fingerprint density at radius 3 is 2.61 bits per heavy atom. The number of amides is 1. The van der Waals surface area contributed by atoms with Crippen LogP contribution < -0.4 is 5.32 Å². The number of fused-ring (bicyclic) bond motifs is 1. The standard InChI is InChI=1S/C18H16I3NO8S/c19-6-3-9(13(21)10(20)4-6)16(23)22-14-7-5-8-11(14)18(25)30-15(8)12(7)17(24)29-1-2-31(26,27)28/h3-4,7-8,11-12,14-15H,1-2,5H2,(H,22,23)(H,26,27,28). The Bertz CT molecular complexity index is 1080. The van der Waals surface area contributed by atoms with Crippen molar-refractivity contribution in [3.63, 3.8) is 0 Å².